The lowest BCUT2D eigenvalue weighted by Gasteiger charge is -2.12. The van der Waals surface area contributed by atoms with Crippen molar-refractivity contribution < 1.29 is 9.47 Å². The molecule has 0 spiro atoms. The van der Waals surface area contributed by atoms with Gasteiger partial charge in [0.05, 0.1) is 26.0 Å². The van der Waals surface area contributed by atoms with Crippen molar-refractivity contribution in [2.45, 2.75) is 25.9 Å². The molecule has 1 saturated heterocycles. The van der Waals surface area contributed by atoms with Crippen LogP contribution < -0.4 is 10.6 Å². The predicted molar refractivity (Wildman–Crippen MR) is 110 cm³/mol. The number of aliphatic imine (C=N–C) groups is 1. The minimum absolute atomic E-state index is 0.574. The van der Waals surface area contributed by atoms with E-state index in [1.165, 1.54) is 5.56 Å². The molecule has 7 heteroatoms. The van der Waals surface area contributed by atoms with Gasteiger partial charge in [-0.05, 0) is 18.4 Å². The van der Waals surface area contributed by atoms with Crippen molar-refractivity contribution in [1.29, 1.82) is 0 Å². The number of benzene rings is 1. The van der Waals surface area contributed by atoms with Gasteiger partial charge in [0, 0.05) is 51.0 Å². The molecule has 3 rings (SSSR count). The van der Waals surface area contributed by atoms with E-state index < -0.39 is 0 Å². The smallest absolute Gasteiger partial charge is 0.191 e. The van der Waals surface area contributed by atoms with Gasteiger partial charge in [0.15, 0.2) is 5.96 Å². The highest BCUT2D eigenvalue weighted by Gasteiger charge is 2.15. The van der Waals surface area contributed by atoms with Crippen LogP contribution in [0.5, 0.6) is 0 Å². The number of nitrogens with zero attached hydrogens (tertiary/aromatic N) is 3. The third-order valence-electron chi connectivity index (χ3n) is 4.69. The van der Waals surface area contributed by atoms with E-state index in [1.807, 2.05) is 29.1 Å². The van der Waals surface area contributed by atoms with Crippen molar-refractivity contribution in [3.05, 3.63) is 53.9 Å². The number of hydrogen-bond donors (Lipinski definition) is 2. The Bertz CT molecular complexity index is 711. The molecular weight excluding hydrogens is 354 g/mol. The Morgan fingerprint density at radius 1 is 1.29 bits per heavy atom. The highest BCUT2D eigenvalue weighted by Crippen LogP contribution is 2.12. The summed E-state index contributed by atoms with van der Waals surface area (Å²) in [6.07, 6.45) is 6.03. The van der Waals surface area contributed by atoms with Crippen LogP contribution in [0.4, 0.5) is 0 Å². The summed E-state index contributed by atoms with van der Waals surface area (Å²) in [6, 6.07) is 10.3. The van der Waals surface area contributed by atoms with E-state index in [0.717, 1.165) is 63.9 Å². The summed E-state index contributed by atoms with van der Waals surface area (Å²) in [4.78, 5) is 4.27. The Morgan fingerprint density at radius 2 is 2.18 bits per heavy atom. The molecule has 0 saturated carbocycles. The van der Waals surface area contributed by atoms with Gasteiger partial charge in [-0.1, -0.05) is 30.3 Å². The zero-order valence-corrected chi connectivity index (χ0v) is 16.6. The molecule has 152 valence electrons. The van der Waals surface area contributed by atoms with E-state index in [9.17, 15) is 0 Å². The van der Waals surface area contributed by atoms with Crippen LogP contribution in [0.2, 0.25) is 0 Å². The molecule has 1 aliphatic heterocycles. The van der Waals surface area contributed by atoms with Gasteiger partial charge in [0.2, 0.25) is 0 Å². The first-order valence-corrected chi connectivity index (χ1v) is 9.99. The summed E-state index contributed by atoms with van der Waals surface area (Å²) in [5, 5.41) is 11.1. The summed E-state index contributed by atoms with van der Waals surface area (Å²) in [7, 11) is 1.78. The minimum atomic E-state index is 0.574. The average Bonchev–Trinajstić information content (AvgIpc) is 3.40. The predicted octanol–water partition coefficient (Wildman–Crippen LogP) is 2.04. The molecule has 2 aromatic rings. The van der Waals surface area contributed by atoms with E-state index >= 15 is 0 Å². The summed E-state index contributed by atoms with van der Waals surface area (Å²) in [6.45, 7) is 5.58. The highest BCUT2D eigenvalue weighted by atomic mass is 16.5. The van der Waals surface area contributed by atoms with E-state index in [-0.39, 0.29) is 0 Å². The fourth-order valence-electron chi connectivity index (χ4n) is 3.11. The molecule has 1 aromatic heterocycles. The van der Waals surface area contributed by atoms with Crippen LogP contribution in [-0.4, -0.2) is 55.8 Å². The standard InChI is InChI=1S/C21H31N5O2/c1-22-21(23-9-5-10-27-16-19-8-11-28-17-19)24-12-20-13-25-26(15-20)14-18-6-3-2-4-7-18/h2-4,6-7,13,15,19H,5,8-12,14,16-17H2,1H3,(H2,22,23,24). The number of nitrogens with one attached hydrogen (secondary N) is 2. The lowest BCUT2D eigenvalue weighted by Crippen LogP contribution is -2.37. The third kappa shape index (κ3) is 6.98. The number of guanidine groups is 1. The second-order valence-corrected chi connectivity index (χ2v) is 7.04. The normalized spacial score (nSPS) is 17.0. The molecule has 0 bridgehead atoms. The Labute approximate surface area is 167 Å². The van der Waals surface area contributed by atoms with Crippen LogP contribution >= 0.6 is 0 Å². The van der Waals surface area contributed by atoms with Crippen molar-refractivity contribution in [2.24, 2.45) is 10.9 Å². The summed E-state index contributed by atoms with van der Waals surface area (Å²) in [5.41, 5.74) is 2.37. The van der Waals surface area contributed by atoms with Crippen molar-refractivity contribution in [1.82, 2.24) is 20.4 Å². The van der Waals surface area contributed by atoms with Gasteiger partial charge < -0.3 is 20.1 Å². The lowest BCUT2D eigenvalue weighted by molar-refractivity contribution is 0.0888. The second-order valence-electron chi connectivity index (χ2n) is 7.04. The van der Waals surface area contributed by atoms with Crippen LogP contribution in [0, 0.1) is 5.92 Å². The molecule has 2 heterocycles. The molecule has 0 radical (unpaired) electrons. The topological polar surface area (TPSA) is 72.7 Å². The summed E-state index contributed by atoms with van der Waals surface area (Å²) < 4.78 is 13.0. The molecule has 7 nitrogen and oxygen atoms in total. The molecule has 2 N–H and O–H groups in total. The number of hydrogen-bond acceptors (Lipinski definition) is 4. The molecule has 1 aliphatic rings. The van der Waals surface area contributed by atoms with Crippen molar-refractivity contribution >= 4 is 5.96 Å². The maximum absolute atomic E-state index is 5.72. The Balaban J connectivity index is 1.29. The van der Waals surface area contributed by atoms with Gasteiger partial charge in [-0.25, -0.2) is 0 Å². The fourth-order valence-corrected chi connectivity index (χ4v) is 3.11. The van der Waals surface area contributed by atoms with E-state index in [2.05, 4.69) is 39.1 Å². The zero-order chi connectivity index (χ0) is 19.4. The van der Waals surface area contributed by atoms with Gasteiger partial charge in [-0.2, -0.15) is 5.10 Å². The van der Waals surface area contributed by atoms with Gasteiger partial charge in [0.1, 0.15) is 0 Å². The van der Waals surface area contributed by atoms with E-state index in [0.29, 0.717) is 12.5 Å². The molecule has 28 heavy (non-hydrogen) atoms. The Hall–Kier alpha value is -2.38. The van der Waals surface area contributed by atoms with E-state index in [4.69, 9.17) is 9.47 Å². The van der Waals surface area contributed by atoms with Gasteiger partial charge >= 0.3 is 0 Å². The second kappa shape index (κ2) is 11.5. The highest BCUT2D eigenvalue weighted by molar-refractivity contribution is 5.79. The van der Waals surface area contributed by atoms with E-state index in [1.54, 1.807) is 7.05 Å². The number of aromatic nitrogens is 2. The number of ether oxygens (including phenoxy) is 2. The summed E-state index contributed by atoms with van der Waals surface area (Å²) in [5.74, 6) is 1.37. The molecule has 1 atom stereocenters. The van der Waals surface area contributed by atoms with Gasteiger partial charge in [-0.15, -0.1) is 0 Å². The van der Waals surface area contributed by atoms with Crippen molar-refractivity contribution in [2.75, 3.05) is 40.0 Å². The fraction of sp³-hybridized carbons (Fsp3) is 0.524. The monoisotopic (exact) mass is 385 g/mol. The largest absolute Gasteiger partial charge is 0.381 e. The van der Waals surface area contributed by atoms with Crippen LogP contribution in [0.15, 0.2) is 47.7 Å². The van der Waals surface area contributed by atoms with Gasteiger partial charge in [0.25, 0.3) is 0 Å². The molecule has 0 aliphatic carbocycles. The SMILES string of the molecule is CN=C(NCCCOCC1CCOC1)NCc1cnn(Cc2ccccc2)c1. The molecule has 1 unspecified atom stereocenters. The molecular formula is C21H31N5O2. The third-order valence-corrected chi connectivity index (χ3v) is 4.69. The summed E-state index contributed by atoms with van der Waals surface area (Å²) >= 11 is 0. The maximum Gasteiger partial charge on any atom is 0.191 e. The first-order chi connectivity index (χ1) is 13.8. The van der Waals surface area contributed by atoms with Crippen LogP contribution in [0.3, 0.4) is 0 Å². The van der Waals surface area contributed by atoms with Crippen LogP contribution in [0.25, 0.3) is 0 Å². The molecule has 0 amide bonds. The lowest BCUT2D eigenvalue weighted by atomic mass is 10.1. The van der Waals surface area contributed by atoms with Crippen molar-refractivity contribution in [3.63, 3.8) is 0 Å². The number of rotatable bonds is 10. The maximum atomic E-state index is 5.72. The molecule has 1 aromatic carbocycles. The Morgan fingerprint density at radius 3 is 2.96 bits per heavy atom. The Kier molecular flexibility index (Phi) is 8.33. The van der Waals surface area contributed by atoms with Crippen molar-refractivity contribution in [3.8, 4) is 0 Å². The molecule has 1 fully saturated rings. The first-order valence-electron chi connectivity index (χ1n) is 9.99. The van der Waals surface area contributed by atoms with Crippen LogP contribution in [-0.2, 0) is 22.6 Å². The quantitative estimate of drug-likeness (QED) is 0.372. The average molecular weight is 386 g/mol. The first kappa shape index (κ1) is 20.4. The minimum Gasteiger partial charge on any atom is -0.381 e. The van der Waals surface area contributed by atoms with Crippen LogP contribution in [0.1, 0.15) is 24.0 Å². The zero-order valence-electron chi connectivity index (χ0n) is 16.6. The van der Waals surface area contributed by atoms with Gasteiger partial charge in [-0.3, -0.25) is 9.67 Å².